The molecule has 3 aromatic heterocycles. The monoisotopic (exact) mass is 345 g/mol. The molecule has 0 aliphatic carbocycles. The number of nitrogens with zero attached hydrogens (tertiary/aromatic N) is 7. The summed E-state index contributed by atoms with van der Waals surface area (Å²) < 4.78 is 9.24. The second kappa shape index (κ2) is 7.91. The number of aryl methyl sites for hydroxylation is 1. The number of tetrazole rings is 1. The summed E-state index contributed by atoms with van der Waals surface area (Å²) in [5.41, 5.74) is 0. The minimum absolute atomic E-state index is 0.603. The van der Waals surface area contributed by atoms with Gasteiger partial charge in [0.05, 0.1) is 12.0 Å². The molecule has 0 aliphatic heterocycles. The van der Waals surface area contributed by atoms with Crippen molar-refractivity contribution in [1.29, 1.82) is 0 Å². The lowest BCUT2D eigenvalue weighted by Crippen LogP contribution is -2.06. The Morgan fingerprint density at radius 3 is 3.00 bits per heavy atom. The molecule has 0 fully saturated rings. The fourth-order valence-corrected chi connectivity index (χ4v) is 3.09. The van der Waals surface area contributed by atoms with Crippen LogP contribution in [0.15, 0.2) is 40.6 Å². The lowest BCUT2D eigenvalue weighted by molar-refractivity contribution is 0.540. The van der Waals surface area contributed by atoms with Crippen molar-refractivity contribution < 1.29 is 4.42 Å². The SMILES string of the molecule is C=CCn1c(SCc2nnnn2CCCC)nnc1-c1ccco1. The summed E-state index contributed by atoms with van der Waals surface area (Å²) >= 11 is 1.55. The Labute approximate surface area is 144 Å². The van der Waals surface area contributed by atoms with E-state index >= 15 is 0 Å². The Kier molecular flexibility index (Phi) is 5.42. The van der Waals surface area contributed by atoms with E-state index in [0.717, 1.165) is 30.4 Å². The number of furan rings is 1. The van der Waals surface area contributed by atoms with Crippen molar-refractivity contribution in [1.82, 2.24) is 35.0 Å². The van der Waals surface area contributed by atoms with Crippen LogP contribution in [0.4, 0.5) is 0 Å². The average molecular weight is 345 g/mol. The van der Waals surface area contributed by atoms with Crippen molar-refractivity contribution >= 4 is 11.8 Å². The van der Waals surface area contributed by atoms with E-state index in [1.54, 1.807) is 18.0 Å². The highest BCUT2D eigenvalue weighted by molar-refractivity contribution is 7.98. The van der Waals surface area contributed by atoms with E-state index < -0.39 is 0 Å². The largest absolute Gasteiger partial charge is 0.461 e. The van der Waals surface area contributed by atoms with Crippen molar-refractivity contribution in [3.63, 3.8) is 0 Å². The standard InChI is InChI=1S/C15H19N7OS/c1-3-5-9-22-13(16-19-20-22)11-24-15-18-17-14(21(15)8-4-2)12-7-6-10-23-12/h4,6-7,10H,2-3,5,8-9,11H2,1H3. The summed E-state index contributed by atoms with van der Waals surface area (Å²) in [7, 11) is 0. The van der Waals surface area contributed by atoms with Gasteiger partial charge in [0.2, 0.25) is 5.82 Å². The molecule has 24 heavy (non-hydrogen) atoms. The van der Waals surface area contributed by atoms with Gasteiger partial charge in [-0.3, -0.25) is 4.57 Å². The highest BCUT2D eigenvalue weighted by atomic mass is 32.2. The highest BCUT2D eigenvalue weighted by Crippen LogP contribution is 2.26. The van der Waals surface area contributed by atoms with Crippen LogP contribution in [0.25, 0.3) is 11.6 Å². The number of allylic oxidation sites excluding steroid dienone is 1. The molecular weight excluding hydrogens is 326 g/mol. The van der Waals surface area contributed by atoms with Gasteiger partial charge in [-0.15, -0.1) is 21.9 Å². The van der Waals surface area contributed by atoms with E-state index in [-0.39, 0.29) is 0 Å². The quantitative estimate of drug-likeness (QED) is 0.435. The van der Waals surface area contributed by atoms with Crippen molar-refractivity contribution in [2.24, 2.45) is 0 Å². The first kappa shape index (κ1) is 16.4. The molecule has 0 spiro atoms. The van der Waals surface area contributed by atoms with Crippen LogP contribution >= 0.6 is 11.8 Å². The third-order valence-corrected chi connectivity index (χ3v) is 4.39. The Hall–Kier alpha value is -2.42. The Morgan fingerprint density at radius 1 is 1.33 bits per heavy atom. The number of hydrogen-bond donors (Lipinski definition) is 0. The summed E-state index contributed by atoms with van der Waals surface area (Å²) in [6.45, 7) is 7.38. The molecule has 0 saturated carbocycles. The summed E-state index contributed by atoms with van der Waals surface area (Å²) in [4.78, 5) is 0. The molecule has 0 radical (unpaired) electrons. The zero-order valence-corrected chi connectivity index (χ0v) is 14.3. The number of aromatic nitrogens is 7. The van der Waals surface area contributed by atoms with Gasteiger partial charge in [0, 0.05) is 13.1 Å². The van der Waals surface area contributed by atoms with Crippen LogP contribution in [0.2, 0.25) is 0 Å². The van der Waals surface area contributed by atoms with Crippen molar-refractivity contribution in [3.8, 4) is 11.6 Å². The van der Waals surface area contributed by atoms with Gasteiger partial charge in [0.15, 0.2) is 16.7 Å². The van der Waals surface area contributed by atoms with Gasteiger partial charge in [-0.2, -0.15) is 0 Å². The van der Waals surface area contributed by atoms with E-state index in [1.165, 1.54) is 0 Å². The fourth-order valence-electron chi connectivity index (χ4n) is 2.21. The second-order valence-corrected chi connectivity index (χ2v) is 6.09. The fraction of sp³-hybridized carbons (Fsp3) is 0.400. The molecule has 3 rings (SSSR count). The molecule has 8 nitrogen and oxygen atoms in total. The first-order chi connectivity index (χ1) is 11.8. The van der Waals surface area contributed by atoms with Gasteiger partial charge < -0.3 is 4.42 Å². The van der Waals surface area contributed by atoms with Gasteiger partial charge >= 0.3 is 0 Å². The smallest absolute Gasteiger partial charge is 0.200 e. The Balaban J connectivity index is 1.76. The van der Waals surface area contributed by atoms with E-state index in [4.69, 9.17) is 4.42 Å². The molecule has 0 saturated heterocycles. The molecule has 0 atom stereocenters. The number of rotatable bonds is 9. The van der Waals surface area contributed by atoms with Crippen LogP contribution in [0.1, 0.15) is 25.6 Å². The van der Waals surface area contributed by atoms with E-state index in [1.807, 2.05) is 27.5 Å². The number of unbranched alkanes of at least 4 members (excludes halogenated alkanes) is 1. The molecule has 3 heterocycles. The van der Waals surface area contributed by atoms with E-state index in [2.05, 4.69) is 39.2 Å². The lowest BCUT2D eigenvalue weighted by atomic mass is 10.3. The summed E-state index contributed by atoms with van der Waals surface area (Å²) in [6, 6.07) is 3.69. The third-order valence-electron chi connectivity index (χ3n) is 3.43. The maximum Gasteiger partial charge on any atom is 0.200 e. The molecule has 0 unspecified atom stereocenters. The predicted octanol–water partition coefficient (Wildman–Crippen LogP) is 2.80. The van der Waals surface area contributed by atoms with E-state index in [0.29, 0.717) is 23.9 Å². The van der Waals surface area contributed by atoms with Gasteiger partial charge in [-0.1, -0.05) is 31.2 Å². The zero-order chi connectivity index (χ0) is 16.8. The van der Waals surface area contributed by atoms with Crippen molar-refractivity contribution in [2.75, 3.05) is 0 Å². The zero-order valence-electron chi connectivity index (χ0n) is 13.5. The molecule has 0 bridgehead atoms. The minimum atomic E-state index is 0.603. The van der Waals surface area contributed by atoms with Crippen LogP contribution < -0.4 is 0 Å². The molecule has 9 heteroatoms. The number of hydrogen-bond acceptors (Lipinski definition) is 7. The van der Waals surface area contributed by atoms with Crippen molar-refractivity contribution in [2.45, 2.75) is 43.8 Å². The highest BCUT2D eigenvalue weighted by Gasteiger charge is 2.16. The molecule has 3 aromatic rings. The third kappa shape index (κ3) is 3.56. The maximum absolute atomic E-state index is 5.43. The summed E-state index contributed by atoms with van der Waals surface area (Å²) in [5.74, 6) is 2.84. The Morgan fingerprint density at radius 2 is 2.25 bits per heavy atom. The second-order valence-electron chi connectivity index (χ2n) is 5.14. The van der Waals surface area contributed by atoms with Crippen molar-refractivity contribution in [3.05, 3.63) is 36.9 Å². The molecule has 126 valence electrons. The molecular formula is C15H19N7OS. The topological polar surface area (TPSA) is 87.5 Å². The van der Waals surface area contributed by atoms with Crippen LogP contribution in [0.5, 0.6) is 0 Å². The molecule has 0 aromatic carbocycles. The van der Waals surface area contributed by atoms with Crippen LogP contribution in [0.3, 0.4) is 0 Å². The molecule has 0 amide bonds. The van der Waals surface area contributed by atoms with E-state index in [9.17, 15) is 0 Å². The molecule has 0 aliphatic rings. The van der Waals surface area contributed by atoms with Crippen LogP contribution in [-0.2, 0) is 18.8 Å². The van der Waals surface area contributed by atoms with Crippen LogP contribution in [-0.4, -0.2) is 35.0 Å². The van der Waals surface area contributed by atoms with Gasteiger partial charge in [0.1, 0.15) is 0 Å². The minimum Gasteiger partial charge on any atom is -0.461 e. The first-order valence-electron chi connectivity index (χ1n) is 7.79. The Bertz CT molecular complexity index is 778. The van der Waals surface area contributed by atoms with Gasteiger partial charge in [-0.05, 0) is 29.0 Å². The predicted molar refractivity (Wildman–Crippen MR) is 90.2 cm³/mol. The number of thioether (sulfide) groups is 1. The summed E-state index contributed by atoms with van der Waals surface area (Å²) in [6.07, 6.45) is 5.59. The van der Waals surface area contributed by atoms with Gasteiger partial charge in [-0.25, -0.2) is 4.68 Å². The molecule has 0 N–H and O–H groups in total. The normalized spacial score (nSPS) is 11.0. The lowest BCUT2D eigenvalue weighted by Gasteiger charge is -2.06. The van der Waals surface area contributed by atoms with Crippen LogP contribution in [0, 0.1) is 0 Å². The first-order valence-corrected chi connectivity index (χ1v) is 8.77. The van der Waals surface area contributed by atoms with Gasteiger partial charge in [0.25, 0.3) is 0 Å². The average Bonchev–Trinajstić information content (AvgIpc) is 3.32. The maximum atomic E-state index is 5.43. The summed E-state index contributed by atoms with van der Waals surface area (Å²) in [5, 5.41) is 21.2.